The Balaban J connectivity index is 2.63. The zero-order chi connectivity index (χ0) is 14.3. The number of rotatable bonds is 8. The van der Waals surface area contributed by atoms with E-state index >= 15 is 0 Å². The molecule has 0 fully saturated rings. The first-order chi connectivity index (χ1) is 9.10. The molecule has 0 bridgehead atoms. The molecule has 0 amide bonds. The number of carbonyl (C=O) groups excluding carboxylic acids is 1. The summed E-state index contributed by atoms with van der Waals surface area (Å²) in [6.07, 6.45) is 1.43. The third-order valence-corrected chi connectivity index (χ3v) is 4.00. The Hall–Kier alpha value is -1.10. The van der Waals surface area contributed by atoms with Crippen LogP contribution in [0.1, 0.15) is 39.8 Å². The summed E-state index contributed by atoms with van der Waals surface area (Å²) in [6, 6.07) is 0. The molecular weight excluding hydrogens is 260 g/mol. The van der Waals surface area contributed by atoms with Crippen molar-refractivity contribution in [3.63, 3.8) is 0 Å². The highest BCUT2D eigenvalue weighted by Crippen LogP contribution is 2.22. The average Bonchev–Trinajstić information content (AvgIpc) is 2.84. The summed E-state index contributed by atoms with van der Waals surface area (Å²) in [6.45, 7) is 10.8. The molecule has 1 rings (SSSR count). The van der Waals surface area contributed by atoms with E-state index in [2.05, 4.69) is 30.7 Å². The van der Waals surface area contributed by atoms with E-state index in [1.165, 1.54) is 0 Å². The van der Waals surface area contributed by atoms with Crippen molar-refractivity contribution >= 4 is 22.4 Å². The molecule has 108 valence electrons. The fraction of sp³-hybridized carbons (Fsp3) is 0.714. The first kappa shape index (κ1) is 16.0. The molecule has 0 N–H and O–H groups in total. The number of hydrogen-bond donors (Lipinski definition) is 0. The molecule has 1 atom stereocenters. The molecule has 0 saturated carbocycles. The van der Waals surface area contributed by atoms with Gasteiger partial charge >= 0.3 is 5.97 Å². The van der Waals surface area contributed by atoms with Crippen LogP contribution in [-0.4, -0.2) is 30.6 Å². The molecule has 4 nitrogen and oxygen atoms in total. The van der Waals surface area contributed by atoms with Crippen LogP contribution in [0.25, 0.3) is 0 Å². The topological polar surface area (TPSA) is 42.4 Å². The first-order valence-corrected chi connectivity index (χ1v) is 7.83. The Labute approximate surface area is 119 Å². The fourth-order valence-electron chi connectivity index (χ4n) is 1.73. The number of carbonyl (C=O) groups is 1. The molecule has 0 aromatic carbocycles. The van der Waals surface area contributed by atoms with Crippen LogP contribution in [0.4, 0.5) is 5.13 Å². The van der Waals surface area contributed by atoms with Gasteiger partial charge in [0.05, 0.1) is 18.7 Å². The summed E-state index contributed by atoms with van der Waals surface area (Å²) in [5.74, 6) is 0.446. The Morgan fingerprint density at radius 3 is 2.79 bits per heavy atom. The number of esters is 1. The van der Waals surface area contributed by atoms with Crippen molar-refractivity contribution in [2.24, 2.45) is 5.92 Å². The van der Waals surface area contributed by atoms with Crippen LogP contribution in [-0.2, 0) is 16.0 Å². The van der Waals surface area contributed by atoms with Gasteiger partial charge in [-0.05, 0) is 19.8 Å². The van der Waals surface area contributed by atoms with E-state index in [1.54, 1.807) is 11.3 Å². The second kappa shape index (κ2) is 8.15. The van der Waals surface area contributed by atoms with E-state index < -0.39 is 0 Å². The van der Waals surface area contributed by atoms with Gasteiger partial charge in [0.1, 0.15) is 0 Å². The number of ether oxygens (including phenoxy) is 1. The van der Waals surface area contributed by atoms with Crippen molar-refractivity contribution in [1.82, 2.24) is 4.98 Å². The van der Waals surface area contributed by atoms with E-state index in [4.69, 9.17) is 4.74 Å². The molecule has 1 heterocycles. The molecule has 0 radical (unpaired) electrons. The Morgan fingerprint density at radius 2 is 2.21 bits per heavy atom. The predicted molar refractivity (Wildman–Crippen MR) is 79.8 cm³/mol. The average molecular weight is 284 g/mol. The number of anilines is 1. The lowest BCUT2D eigenvalue weighted by Gasteiger charge is -2.23. The van der Waals surface area contributed by atoms with Crippen molar-refractivity contribution in [1.29, 1.82) is 0 Å². The SMILES string of the molecule is CCOC(=O)Cc1csc(N(CC)CC(C)CC)n1. The minimum atomic E-state index is -0.204. The quantitative estimate of drug-likeness (QED) is 0.688. The monoisotopic (exact) mass is 284 g/mol. The summed E-state index contributed by atoms with van der Waals surface area (Å²) < 4.78 is 4.94. The molecule has 5 heteroatoms. The number of thiazole rings is 1. The zero-order valence-electron chi connectivity index (χ0n) is 12.3. The molecular formula is C14H24N2O2S. The lowest BCUT2D eigenvalue weighted by molar-refractivity contribution is -0.142. The summed E-state index contributed by atoms with van der Waals surface area (Å²) >= 11 is 1.60. The van der Waals surface area contributed by atoms with Crippen LogP contribution >= 0.6 is 11.3 Å². The standard InChI is InChI=1S/C14H24N2O2S/c1-5-11(4)9-16(6-2)14-15-12(10-19-14)8-13(17)18-7-3/h10-11H,5-9H2,1-4H3. The third kappa shape index (κ3) is 5.19. The number of nitrogens with zero attached hydrogens (tertiary/aromatic N) is 2. The van der Waals surface area contributed by atoms with Gasteiger partial charge in [-0.15, -0.1) is 11.3 Å². The minimum absolute atomic E-state index is 0.204. The Bertz CT molecular complexity index is 393. The molecule has 1 aromatic heterocycles. The van der Waals surface area contributed by atoms with Crippen molar-refractivity contribution < 1.29 is 9.53 Å². The highest BCUT2D eigenvalue weighted by Gasteiger charge is 2.14. The Morgan fingerprint density at radius 1 is 1.47 bits per heavy atom. The molecule has 19 heavy (non-hydrogen) atoms. The highest BCUT2D eigenvalue weighted by atomic mass is 32.1. The van der Waals surface area contributed by atoms with Gasteiger partial charge in [0.25, 0.3) is 0 Å². The summed E-state index contributed by atoms with van der Waals surface area (Å²) in [5.41, 5.74) is 0.807. The largest absolute Gasteiger partial charge is 0.466 e. The van der Waals surface area contributed by atoms with Crippen molar-refractivity contribution in [3.05, 3.63) is 11.1 Å². The molecule has 0 aliphatic rings. The van der Waals surface area contributed by atoms with Gasteiger partial charge in [0.2, 0.25) is 0 Å². The van der Waals surface area contributed by atoms with Crippen molar-refractivity contribution in [3.8, 4) is 0 Å². The maximum atomic E-state index is 11.4. The normalized spacial score (nSPS) is 12.2. The van der Waals surface area contributed by atoms with Gasteiger partial charge in [-0.2, -0.15) is 0 Å². The second-order valence-corrected chi connectivity index (χ2v) is 5.49. The third-order valence-electron chi connectivity index (χ3n) is 3.05. The van der Waals surface area contributed by atoms with Crippen LogP contribution in [0, 0.1) is 5.92 Å². The van der Waals surface area contributed by atoms with Crippen LogP contribution in [0.15, 0.2) is 5.38 Å². The lowest BCUT2D eigenvalue weighted by atomic mass is 10.1. The maximum Gasteiger partial charge on any atom is 0.311 e. The smallest absolute Gasteiger partial charge is 0.311 e. The molecule has 0 spiro atoms. The van der Waals surface area contributed by atoms with Crippen LogP contribution in [0.2, 0.25) is 0 Å². The van der Waals surface area contributed by atoms with Gasteiger partial charge in [0.15, 0.2) is 5.13 Å². The molecule has 1 unspecified atom stereocenters. The summed E-state index contributed by atoms with van der Waals surface area (Å²) in [7, 11) is 0. The maximum absolute atomic E-state index is 11.4. The number of hydrogen-bond acceptors (Lipinski definition) is 5. The van der Waals surface area contributed by atoms with E-state index in [9.17, 15) is 4.79 Å². The van der Waals surface area contributed by atoms with Crippen LogP contribution in [0.5, 0.6) is 0 Å². The first-order valence-electron chi connectivity index (χ1n) is 6.95. The van der Waals surface area contributed by atoms with Crippen molar-refractivity contribution in [2.45, 2.75) is 40.5 Å². The molecule has 0 saturated heterocycles. The van der Waals surface area contributed by atoms with Gasteiger partial charge < -0.3 is 9.64 Å². The second-order valence-electron chi connectivity index (χ2n) is 4.66. The van der Waals surface area contributed by atoms with E-state index in [0.717, 1.165) is 30.3 Å². The minimum Gasteiger partial charge on any atom is -0.466 e. The van der Waals surface area contributed by atoms with Gasteiger partial charge in [-0.3, -0.25) is 4.79 Å². The zero-order valence-corrected chi connectivity index (χ0v) is 13.1. The Kier molecular flexibility index (Phi) is 6.84. The summed E-state index contributed by atoms with van der Waals surface area (Å²) in [5, 5.41) is 2.95. The summed E-state index contributed by atoms with van der Waals surface area (Å²) in [4.78, 5) is 18.2. The van der Waals surface area contributed by atoms with Gasteiger partial charge in [-0.25, -0.2) is 4.98 Å². The predicted octanol–water partition coefficient (Wildman–Crippen LogP) is 3.12. The number of aromatic nitrogens is 1. The van der Waals surface area contributed by atoms with Crippen molar-refractivity contribution in [2.75, 3.05) is 24.6 Å². The van der Waals surface area contributed by atoms with Gasteiger partial charge in [0, 0.05) is 18.5 Å². The molecule has 0 aliphatic carbocycles. The highest BCUT2D eigenvalue weighted by molar-refractivity contribution is 7.13. The van der Waals surface area contributed by atoms with E-state index in [0.29, 0.717) is 12.5 Å². The fourth-order valence-corrected chi connectivity index (χ4v) is 2.63. The van der Waals surface area contributed by atoms with Crippen LogP contribution < -0.4 is 4.90 Å². The molecule has 0 aliphatic heterocycles. The van der Waals surface area contributed by atoms with E-state index in [-0.39, 0.29) is 12.4 Å². The molecule has 1 aromatic rings. The van der Waals surface area contributed by atoms with Crippen LogP contribution in [0.3, 0.4) is 0 Å². The van der Waals surface area contributed by atoms with E-state index in [1.807, 2.05) is 12.3 Å². The van der Waals surface area contributed by atoms with Gasteiger partial charge in [-0.1, -0.05) is 20.3 Å². The lowest BCUT2D eigenvalue weighted by Crippen LogP contribution is -2.27.